The number of thioether (sulfide) groups is 1. The minimum absolute atomic E-state index is 0.107. The Morgan fingerprint density at radius 3 is 3.00 bits per heavy atom. The first-order chi connectivity index (χ1) is 6.86. The summed E-state index contributed by atoms with van der Waals surface area (Å²) in [6.45, 7) is 1.95. The van der Waals surface area contributed by atoms with E-state index >= 15 is 0 Å². The molecule has 74 valence electrons. The molecule has 0 saturated heterocycles. The summed E-state index contributed by atoms with van der Waals surface area (Å²) in [7, 11) is 0. The smallest absolute Gasteiger partial charge is 0.166 e. The molecule has 0 aromatic carbocycles. The Bertz CT molecular complexity index is 442. The number of fused-ring (bicyclic) bond motifs is 1. The van der Waals surface area contributed by atoms with E-state index in [9.17, 15) is 0 Å². The van der Waals surface area contributed by atoms with Crippen molar-refractivity contribution in [2.75, 3.05) is 5.75 Å². The Labute approximate surface area is 85.2 Å². The number of aromatic nitrogens is 4. The van der Waals surface area contributed by atoms with Crippen LogP contribution < -0.4 is 0 Å². The lowest BCUT2D eigenvalue weighted by Gasteiger charge is -1.99. The molecule has 0 bridgehead atoms. The van der Waals surface area contributed by atoms with Crippen LogP contribution in [0.5, 0.6) is 0 Å². The minimum Gasteiger partial charge on any atom is -0.376 e. The zero-order valence-electron chi connectivity index (χ0n) is 7.71. The van der Waals surface area contributed by atoms with Crippen LogP contribution in [-0.4, -0.2) is 30.4 Å². The standard InChI is InChI=1S/C8H10N4OS/c1-2-14-8-6-7(9-3-10-8)12(5-13)4-11-6/h3-4,13H,2,5H2,1H3. The highest BCUT2D eigenvalue weighted by Crippen LogP contribution is 2.22. The quantitative estimate of drug-likeness (QED) is 0.602. The third-order valence-corrected chi connectivity index (χ3v) is 2.66. The van der Waals surface area contributed by atoms with Gasteiger partial charge in [-0.25, -0.2) is 15.0 Å². The van der Waals surface area contributed by atoms with Crippen LogP contribution >= 0.6 is 11.8 Å². The normalized spacial score (nSPS) is 11.0. The molecule has 0 aliphatic carbocycles. The van der Waals surface area contributed by atoms with Gasteiger partial charge in [-0.15, -0.1) is 11.8 Å². The van der Waals surface area contributed by atoms with E-state index in [1.807, 2.05) is 0 Å². The van der Waals surface area contributed by atoms with Gasteiger partial charge in [0.2, 0.25) is 0 Å². The molecule has 0 amide bonds. The maximum Gasteiger partial charge on any atom is 0.166 e. The number of rotatable bonds is 3. The van der Waals surface area contributed by atoms with Crippen molar-refractivity contribution < 1.29 is 5.11 Å². The molecule has 0 spiro atoms. The molecule has 0 fully saturated rings. The summed E-state index contributed by atoms with van der Waals surface area (Å²) in [6.07, 6.45) is 3.06. The van der Waals surface area contributed by atoms with Crippen LogP contribution in [0.25, 0.3) is 11.2 Å². The third-order valence-electron chi connectivity index (χ3n) is 1.80. The number of hydrogen-bond donors (Lipinski definition) is 1. The molecule has 2 rings (SSSR count). The molecule has 0 radical (unpaired) electrons. The van der Waals surface area contributed by atoms with Crippen molar-refractivity contribution in [3.8, 4) is 0 Å². The average Bonchev–Trinajstić information content (AvgIpc) is 2.62. The predicted molar refractivity (Wildman–Crippen MR) is 53.9 cm³/mol. The zero-order valence-corrected chi connectivity index (χ0v) is 8.53. The highest BCUT2D eigenvalue weighted by atomic mass is 32.2. The van der Waals surface area contributed by atoms with Gasteiger partial charge in [0, 0.05) is 0 Å². The van der Waals surface area contributed by atoms with Crippen molar-refractivity contribution in [2.45, 2.75) is 18.7 Å². The van der Waals surface area contributed by atoms with E-state index in [4.69, 9.17) is 5.11 Å². The monoisotopic (exact) mass is 210 g/mol. The summed E-state index contributed by atoms with van der Waals surface area (Å²) in [5.41, 5.74) is 1.44. The summed E-state index contributed by atoms with van der Waals surface area (Å²) >= 11 is 1.62. The second kappa shape index (κ2) is 3.93. The topological polar surface area (TPSA) is 63.8 Å². The lowest BCUT2D eigenvalue weighted by atomic mass is 10.5. The first kappa shape index (κ1) is 9.42. The summed E-state index contributed by atoms with van der Waals surface area (Å²) in [4.78, 5) is 12.4. The molecular weight excluding hydrogens is 200 g/mol. The van der Waals surface area contributed by atoms with Crippen molar-refractivity contribution in [3.63, 3.8) is 0 Å². The predicted octanol–water partition coefficient (Wildman–Crippen LogP) is 0.888. The Hall–Kier alpha value is -1.14. The first-order valence-electron chi connectivity index (χ1n) is 4.26. The lowest BCUT2D eigenvalue weighted by Crippen LogP contribution is -1.96. The van der Waals surface area contributed by atoms with Crippen LogP contribution in [0.3, 0.4) is 0 Å². The second-order valence-electron chi connectivity index (χ2n) is 2.64. The van der Waals surface area contributed by atoms with Gasteiger partial charge in [-0.1, -0.05) is 6.92 Å². The van der Waals surface area contributed by atoms with Crippen LogP contribution in [0, 0.1) is 0 Å². The second-order valence-corrected chi connectivity index (χ2v) is 3.89. The van der Waals surface area contributed by atoms with Gasteiger partial charge < -0.3 is 5.11 Å². The third kappa shape index (κ3) is 1.46. The number of imidazole rings is 1. The number of aliphatic hydroxyl groups is 1. The minimum atomic E-state index is -0.107. The highest BCUT2D eigenvalue weighted by molar-refractivity contribution is 7.99. The largest absolute Gasteiger partial charge is 0.376 e. The van der Waals surface area contributed by atoms with Gasteiger partial charge in [0.05, 0.1) is 6.33 Å². The molecular formula is C8H10N4OS. The van der Waals surface area contributed by atoms with E-state index in [1.54, 1.807) is 22.7 Å². The Morgan fingerprint density at radius 1 is 1.43 bits per heavy atom. The molecule has 6 heteroatoms. The molecule has 1 N–H and O–H groups in total. The molecule has 2 aromatic heterocycles. The first-order valence-corrected chi connectivity index (χ1v) is 5.25. The van der Waals surface area contributed by atoms with Crippen LogP contribution in [0.2, 0.25) is 0 Å². The van der Waals surface area contributed by atoms with Gasteiger partial charge in [-0.2, -0.15) is 0 Å². The van der Waals surface area contributed by atoms with Gasteiger partial charge in [-0.3, -0.25) is 4.57 Å². The average molecular weight is 210 g/mol. The van der Waals surface area contributed by atoms with Gasteiger partial charge in [0.1, 0.15) is 23.6 Å². The molecule has 0 atom stereocenters. The highest BCUT2D eigenvalue weighted by Gasteiger charge is 2.08. The maximum atomic E-state index is 9.00. The molecule has 0 saturated carbocycles. The number of aliphatic hydroxyl groups excluding tert-OH is 1. The van der Waals surface area contributed by atoms with Crippen LogP contribution in [0.15, 0.2) is 17.7 Å². The Balaban J connectivity index is 2.58. The van der Waals surface area contributed by atoms with Gasteiger partial charge in [0.15, 0.2) is 5.65 Å². The summed E-state index contributed by atoms with van der Waals surface area (Å²) < 4.78 is 1.58. The molecule has 5 nitrogen and oxygen atoms in total. The van der Waals surface area contributed by atoms with Crippen LogP contribution in [-0.2, 0) is 6.73 Å². The van der Waals surface area contributed by atoms with Gasteiger partial charge in [-0.05, 0) is 5.75 Å². The fourth-order valence-electron chi connectivity index (χ4n) is 1.21. The van der Waals surface area contributed by atoms with Gasteiger partial charge in [0.25, 0.3) is 0 Å². The van der Waals surface area contributed by atoms with Crippen molar-refractivity contribution in [1.82, 2.24) is 19.5 Å². The van der Waals surface area contributed by atoms with E-state index in [1.165, 1.54) is 6.33 Å². The Kier molecular flexibility index (Phi) is 2.64. The van der Waals surface area contributed by atoms with Crippen molar-refractivity contribution in [3.05, 3.63) is 12.7 Å². The Morgan fingerprint density at radius 2 is 2.29 bits per heavy atom. The van der Waals surface area contributed by atoms with Crippen LogP contribution in [0.4, 0.5) is 0 Å². The molecule has 0 aliphatic rings. The molecule has 0 unspecified atom stereocenters. The fraction of sp³-hybridized carbons (Fsp3) is 0.375. The molecule has 14 heavy (non-hydrogen) atoms. The van der Waals surface area contributed by atoms with E-state index in [2.05, 4.69) is 21.9 Å². The SMILES string of the molecule is CCSc1ncnc2c1ncn2CO. The number of hydrogen-bond acceptors (Lipinski definition) is 5. The van der Waals surface area contributed by atoms with Crippen molar-refractivity contribution in [1.29, 1.82) is 0 Å². The van der Waals surface area contributed by atoms with Crippen molar-refractivity contribution in [2.24, 2.45) is 0 Å². The van der Waals surface area contributed by atoms with E-state index in [0.717, 1.165) is 16.3 Å². The van der Waals surface area contributed by atoms with E-state index < -0.39 is 0 Å². The zero-order chi connectivity index (χ0) is 9.97. The molecule has 0 aliphatic heterocycles. The number of nitrogens with zero attached hydrogens (tertiary/aromatic N) is 4. The van der Waals surface area contributed by atoms with Crippen LogP contribution in [0.1, 0.15) is 6.92 Å². The molecule has 2 aromatic rings. The van der Waals surface area contributed by atoms with Crippen molar-refractivity contribution >= 4 is 22.9 Å². The van der Waals surface area contributed by atoms with Gasteiger partial charge >= 0.3 is 0 Å². The summed E-state index contributed by atoms with van der Waals surface area (Å²) in [5.74, 6) is 0.943. The maximum absolute atomic E-state index is 9.00. The summed E-state index contributed by atoms with van der Waals surface area (Å²) in [5, 5.41) is 9.87. The lowest BCUT2D eigenvalue weighted by molar-refractivity contribution is 0.214. The van der Waals surface area contributed by atoms with E-state index in [0.29, 0.717) is 5.65 Å². The summed E-state index contributed by atoms with van der Waals surface area (Å²) in [6, 6.07) is 0. The molecule has 2 heterocycles. The fourth-order valence-corrected chi connectivity index (χ4v) is 1.88. The van der Waals surface area contributed by atoms with E-state index in [-0.39, 0.29) is 6.73 Å².